The molecule has 1 aromatic heterocycles. The van der Waals surface area contributed by atoms with Crippen LogP contribution in [-0.4, -0.2) is 45.6 Å². The lowest BCUT2D eigenvalue weighted by Gasteiger charge is -2.15. The van der Waals surface area contributed by atoms with E-state index < -0.39 is 17.3 Å². The Morgan fingerprint density at radius 1 is 1.40 bits per heavy atom. The molecule has 0 aliphatic heterocycles. The van der Waals surface area contributed by atoms with Gasteiger partial charge in [-0.15, -0.1) is 0 Å². The van der Waals surface area contributed by atoms with Crippen molar-refractivity contribution in [3.63, 3.8) is 0 Å². The third-order valence-electron chi connectivity index (χ3n) is 3.43. The largest absolute Gasteiger partial charge is 0.453 e. The smallest absolute Gasteiger partial charge is 0.413 e. The molecule has 2 aromatic rings. The Morgan fingerprint density at radius 3 is 2.80 bits per heavy atom. The summed E-state index contributed by atoms with van der Waals surface area (Å²) in [5.74, 6) is -0.548. The van der Waals surface area contributed by atoms with E-state index in [0.29, 0.717) is 22.5 Å². The molecular formula is C16H19N3O5S. The first kappa shape index (κ1) is 18.9. The number of rotatable bonds is 6. The minimum atomic E-state index is -0.846. The Kier molecular flexibility index (Phi) is 6.54. The number of alkyl carbamates (subject to hydrolysis) is 1. The first-order valence-corrected chi connectivity index (χ1v) is 8.51. The molecule has 25 heavy (non-hydrogen) atoms. The predicted octanol–water partition coefficient (Wildman–Crippen LogP) is 1.14. The molecule has 0 saturated heterocycles. The highest BCUT2D eigenvalue weighted by Gasteiger charge is 2.21. The van der Waals surface area contributed by atoms with E-state index in [4.69, 9.17) is 5.11 Å². The third-order valence-corrected chi connectivity index (χ3v) is 4.52. The molecule has 1 heterocycles. The fourth-order valence-corrected chi connectivity index (χ4v) is 3.06. The normalized spacial score (nSPS) is 12.0. The lowest BCUT2D eigenvalue weighted by molar-refractivity contribution is -0.119. The summed E-state index contributed by atoms with van der Waals surface area (Å²) in [5, 5.41) is 11.3. The van der Waals surface area contributed by atoms with Crippen LogP contribution in [0.5, 0.6) is 0 Å². The maximum Gasteiger partial charge on any atom is 0.413 e. The summed E-state index contributed by atoms with van der Waals surface area (Å²) in [4.78, 5) is 40.3. The van der Waals surface area contributed by atoms with Crippen LogP contribution < -0.4 is 10.9 Å². The van der Waals surface area contributed by atoms with Crippen LogP contribution in [-0.2, 0) is 16.1 Å². The number of methoxy groups -OCH3 is 1. The number of thioether (sulfide) groups is 1. The van der Waals surface area contributed by atoms with Gasteiger partial charge in [-0.2, -0.15) is 0 Å². The van der Waals surface area contributed by atoms with Gasteiger partial charge in [0.05, 0.1) is 23.3 Å². The van der Waals surface area contributed by atoms with E-state index in [1.807, 2.05) is 0 Å². The number of carbonyl (C=O) groups excluding carboxylic acids is 2. The van der Waals surface area contributed by atoms with E-state index in [1.54, 1.807) is 31.2 Å². The molecule has 1 aromatic carbocycles. The molecule has 0 saturated carbocycles. The number of imide groups is 1. The minimum absolute atomic E-state index is 0.0677. The molecule has 0 bridgehead atoms. The number of nitrogens with one attached hydrogen (secondary N) is 1. The maximum atomic E-state index is 12.7. The SMILES string of the molecule is COC(=O)NC(=O)[C@@H](C)Sc1nc2ccccc2c(=O)n1CCCO. The molecule has 2 amide bonds. The van der Waals surface area contributed by atoms with Crippen molar-refractivity contribution >= 4 is 34.7 Å². The molecule has 2 rings (SSSR count). The molecule has 9 heteroatoms. The highest BCUT2D eigenvalue weighted by atomic mass is 32.2. The summed E-state index contributed by atoms with van der Waals surface area (Å²) in [5.41, 5.74) is 0.290. The number of aromatic nitrogens is 2. The van der Waals surface area contributed by atoms with Gasteiger partial charge in [-0.1, -0.05) is 23.9 Å². The third kappa shape index (κ3) is 4.58. The van der Waals surface area contributed by atoms with Crippen LogP contribution >= 0.6 is 11.8 Å². The molecule has 0 fully saturated rings. The Labute approximate surface area is 148 Å². The number of para-hydroxylation sites is 1. The zero-order chi connectivity index (χ0) is 18.4. The Balaban J connectivity index is 2.36. The van der Waals surface area contributed by atoms with E-state index in [9.17, 15) is 14.4 Å². The van der Waals surface area contributed by atoms with Gasteiger partial charge in [0.1, 0.15) is 0 Å². The summed E-state index contributed by atoms with van der Waals surface area (Å²) in [6.07, 6.45) is -0.461. The van der Waals surface area contributed by atoms with Crippen LogP contribution in [0.4, 0.5) is 4.79 Å². The van der Waals surface area contributed by atoms with E-state index in [2.05, 4.69) is 15.0 Å². The van der Waals surface area contributed by atoms with E-state index in [1.165, 1.54) is 4.57 Å². The van der Waals surface area contributed by atoms with Gasteiger partial charge in [0.25, 0.3) is 5.56 Å². The molecule has 0 radical (unpaired) electrons. The van der Waals surface area contributed by atoms with Crippen molar-refractivity contribution in [3.05, 3.63) is 34.6 Å². The van der Waals surface area contributed by atoms with Crippen molar-refractivity contribution in [3.8, 4) is 0 Å². The van der Waals surface area contributed by atoms with Gasteiger partial charge < -0.3 is 9.84 Å². The monoisotopic (exact) mass is 365 g/mol. The topological polar surface area (TPSA) is 111 Å². The van der Waals surface area contributed by atoms with E-state index >= 15 is 0 Å². The number of aliphatic hydroxyl groups excluding tert-OH is 1. The van der Waals surface area contributed by atoms with Crippen LogP contribution in [0.3, 0.4) is 0 Å². The average molecular weight is 365 g/mol. The fourth-order valence-electron chi connectivity index (χ4n) is 2.13. The lowest BCUT2D eigenvalue weighted by Crippen LogP contribution is -2.36. The van der Waals surface area contributed by atoms with Gasteiger partial charge in [0.2, 0.25) is 5.91 Å². The Bertz CT molecular complexity index is 836. The summed E-state index contributed by atoms with van der Waals surface area (Å²) in [6.45, 7) is 1.81. The molecule has 0 aliphatic carbocycles. The zero-order valence-corrected chi connectivity index (χ0v) is 14.7. The van der Waals surface area contributed by atoms with Crippen molar-refractivity contribution in [1.29, 1.82) is 0 Å². The molecule has 8 nitrogen and oxygen atoms in total. The molecule has 134 valence electrons. The molecular weight excluding hydrogens is 346 g/mol. The van der Waals surface area contributed by atoms with Crippen molar-refractivity contribution in [2.45, 2.75) is 30.3 Å². The number of nitrogens with zero attached hydrogens (tertiary/aromatic N) is 2. The van der Waals surface area contributed by atoms with Gasteiger partial charge in [0, 0.05) is 13.2 Å². The van der Waals surface area contributed by atoms with Gasteiger partial charge in [0.15, 0.2) is 5.16 Å². The Morgan fingerprint density at radius 2 is 2.12 bits per heavy atom. The average Bonchev–Trinajstić information content (AvgIpc) is 2.61. The van der Waals surface area contributed by atoms with Crippen LogP contribution in [0.15, 0.2) is 34.2 Å². The van der Waals surface area contributed by atoms with Crippen molar-refractivity contribution < 1.29 is 19.4 Å². The highest BCUT2D eigenvalue weighted by molar-refractivity contribution is 8.00. The first-order chi connectivity index (χ1) is 12.0. The summed E-state index contributed by atoms with van der Waals surface area (Å²) in [7, 11) is 1.16. The van der Waals surface area contributed by atoms with Crippen LogP contribution in [0, 0.1) is 0 Å². The van der Waals surface area contributed by atoms with Crippen LogP contribution in [0.25, 0.3) is 10.9 Å². The number of hydrogen-bond donors (Lipinski definition) is 2. The van der Waals surface area contributed by atoms with Gasteiger partial charge in [-0.3, -0.25) is 19.5 Å². The molecule has 0 unspecified atom stereocenters. The van der Waals surface area contributed by atoms with Crippen molar-refractivity contribution in [2.75, 3.05) is 13.7 Å². The second kappa shape index (κ2) is 8.63. The number of ether oxygens (including phenoxy) is 1. The molecule has 0 spiro atoms. The number of aliphatic hydroxyl groups is 1. The molecule has 0 aliphatic rings. The summed E-state index contributed by atoms with van der Waals surface area (Å²) < 4.78 is 5.83. The van der Waals surface area contributed by atoms with Gasteiger partial charge in [-0.05, 0) is 25.5 Å². The second-order valence-corrected chi connectivity index (χ2v) is 6.49. The summed E-state index contributed by atoms with van der Waals surface area (Å²) in [6, 6.07) is 6.92. The second-order valence-electron chi connectivity index (χ2n) is 5.19. The van der Waals surface area contributed by atoms with Gasteiger partial charge in [-0.25, -0.2) is 9.78 Å². The molecule has 1 atom stereocenters. The quantitative estimate of drug-likeness (QED) is 0.583. The number of fused-ring (bicyclic) bond motifs is 1. The van der Waals surface area contributed by atoms with E-state index in [-0.39, 0.29) is 18.7 Å². The molecule has 2 N–H and O–H groups in total. The summed E-state index contributed by atoms with van der Waals surface area (Å²) >= 11 is 1.06. The van der Waals surface area contributed by atoms with Gasteiger partial charge >= 0.3 is 6.09 Å². The van der Waals surface area contributed by atoms with Crippen LogP contribution in [0.2, 0.25) is 0 Å². The standard InChI is InChI=1S/C16H19N3O5S/c1-10(13(21)18-16(23)24-2)25-15-17-12-7-4-3-6-11(12)14(22)19(15)8-5-9-20/h3-4,6-7,10,20H,5,8-9H2,1-2H3,(H,18,21,23)/t10-/m1/s1. The zero-order valence-electron chi connectivity index (χ0n) is 13.9. The predicted molar refractivity (Wildman–Crippen MR) is 93.6 cm³/mol. The van der Waals surface area contributed by atoms with Crippen LogP contribution in [0.1, 0.15) is 13.3 Å². The number of carbonyl (C=O) groups is 2. The number of benzene rings is 1. The van der Waals surface area contributed by atoms with E-state index in [0.717, 1.165) is 18.9 Å². The van der Waals surface area contributed by atoms with Crippen molar-refractivity contribution in [1.82, 2.24) is 14.9 Å². The van der Waals surface area contributed by atoms with Crippen molar-refractivity contribution in [2.24, 2.45) is 0 Å². The Hall–Kier alpha value is -2.39. The minimum Gasteiger partial charge on any atom is -0.453 e. The first-order valence-electron chi connectivity index (χ1n) is 7.63. The lowest BCUT2D eigenvalue weighted by atomic mass is 10.2. The number of hydrogen-bond acceptors (Lipinski definition) is 7. The fraction of sp³-hybridized carbons (Fsp3) is 0.375. The highest BCUT2D eigenvalue weighted by Crippen LogP contribution is 2.22. The number of amides is 2. The maximum absolute atomic E-state index is 12.7.